The van der Waals surface area contributed by atoms with E-state index in [2.05, 4.69) is 20.5 Å². The number of anilines is 1. The van der Waals surface area contributed by atoms with Crippen LogP contribution in [0, 0.1) is 0 Å². The van der Waals surface area contributed by atoms with Crippen LogP contribution in [0.1, 0.15) is 24.2 Å². The van der Waals surface area contributed by atoms with Gasteiger partial charge in [0.25, 0.3) is 0 Å². The first-order chi connectivity index (χ1) is 14.1. The summed E-state index contributed by atoms with van der Waals surface area (Å²) in [5.74, 6) is 0.290. The van der Waals surface area contributed by atoms with Gasteiger partial charge in [0.05, 0.1) is 17.9 Å². The van der Waals surface area contributed by atoms with Crippen LogP contribution in [0.3, 0.4) is 0 Å². The molecule has 2 aromatic heterocycles. The fraction of sp³-hybridized carbons (Fsp3) is 0.250. The van der Waals surface area contributed by atoms with Crippen LogP contribution in [-0.2, 0) is 16.1 Å². The highest BCUT2D eigenvalue weighted by atomic mass is 32.2. The number of hydrogen-bond donors (Lipinski definition) is 1. The van der Waals surface area contributed by atoms with Gasteiger partial charge in [0, 0.05) is 18.4 Å². The van der Waals surface area contributed by atoms with Crippen molar-refractivity contribution in [2.24, 2.45) is 0 Å². The van der Waals surface area contributed by atoms with Crippen LogP contribution in [0.2, 0.25) is 0 Å². The van der Waals surface area contributed by atoms with Gasteiger partial charge >= 0.3 is 5.97 Å². The molecule has 9 heteroatoms. The summed E-state index contributed by atoms with van der Waals surface area (Å²) in [4.78, 5) is 28.3. The summed E-state index contributed by atoms with van der Waals surface area (Å²) in [6.45, 7) is 4.73. The molecule has 1 N–H and O–H groups in total. The van der Waals surface area contributed by atoms with Crippen molar-refractivity contribution in [2.45, 2.75) is 25.5 Å². The lowest BCUT2D eigenvalue weighted by atomic mass is 10.2. The van der Waals surface area contributed by atoms with Crippen LogP contribution < -0.4 is 5.32 Å². The fourth-order valence-electron chi connectivity index (χ4n) is 2.60. The number of rotatable bonds is 8. The Morgan fingerprint density at radius 3 is 2.55 bits per heavy atom. The van der Waals surface area contributed by atoms with E-state index in [1.54, 1.807) is 37.4 Å². The second-order valence-electron chi connectivity index (χ2n) is 5.90. The van der Waals surface area contributed by atoms with Gasteiger partial charge in [-0.25, -0.2) is 4.79 Å². The molecule has 2 heterocycles. The number of nitrogens with one attached hydrogen (secondary N) is 1. The van der Waals surface area contributed by atoms with Crippen molar-refractivity contribution in [3.05, 3.63) is 54.2 Å². The van der Waals surface area contributed by atoms with Crippen LogP contribution in [0.15, 0.2) is 53.8 Å². The molecule has 0 saturated carbocycles. The molecular weight excluding hydrogens is 390 g/mol. The Labute approximate surface area is 172 Å². The third-order valence-electron chi connectivity index (χ3n) is 3.94. The molecule has 0 fully saturated rings. The molecule has 0 saturated heterocycles. The van der Waals surface area contributed by atoms with E-state index >= 15 is 0 Å². The third-order valence-corrected chi connectivity index (χ3v) is 4.91. The van der Waals surface area contributed by atoms with Crippen molar-refractivity contribution in [3.63, 3.8) is 0 Å². The quantitative estimate of drug-likeness (QED) is 0.449. The molecule has 0 unspecified atom stereocenters. The Kier molecular flexibility index (Phi) is 6.96. The lowest BCUT2D eigenvalue weighted by molar-refractivity contribution is -0.113. The first-order valence-electron chi connectivity index (χ1n) is 9.16. The predicted molar refractivity (Wildman–Crippen MR) is 111 cm³/mol. The van der Waals surface area contributed by atoms with Crippen LogP contribution >= 0.6 is 11.8 Å². The lowest BCUT2D eigenvalue weighted by Crippen LogP contribution is -2.15. The first kappa shape index (κ1) is 20.5. The average molecular weight is 411 g/mol. The molecule has 3 rings (SSSR count). The molecule has 1 aromatic carbocycles. The number of aromatic nitrogens is 4. The molecule has 0 aliphatic carbocycles. The van der Waals surface area contributed by atoms with E-state index in [-0.39, 0.29) is 17.6 Å². The zero-order valence-corrected chi connectivity index (χ0v) is 17.0. The minimum Gasteiger partial charge on any atom is -0.462 e. The zero-order valence-electron chi connectivity index (χ0n) is 16.2. The summed E-state index contributed by atoms with van der Waals surface area (Å²) in [5, 5.41) is 11.9. The van der Waals surface area contributed by atoms with E-state index in [0.29, 0.717) is 35.4 Å². The zero-order chi connectivity index (χ0) is 20.6. The molecule has 0 aliphatic rings. The summed E-state index contributed by atoms with van der Waals surface area (Å²) < 4.78 is 6.87. The van der Waals surface area contributed by atoms with E-state index in [9.17, 15) is 9.59 Å². The van der Waals surface area contributed by atoms with E-state index in [0.717, 1.165) is 5.69 Å². The summed E-state index contributed by atoms with van der Waals surface area (Å²) in [6.07, 6.45) is 1.71. The first-order valence-corrected chi connectivity index (χ1v) is 10.1. The standard InChI is InChI=1S/C20H21N5O3S/c1-3-25-18(16-7-5-6-12-21-16)23-24-20(25)29-13-17(26)22-15-10-8-14(9-11-15)19(27)28-4-2/h5-12H,3-4,13H2,1-2H3,(H,22,26). The Bertz CT molecular complexity index is 974. The van der Waals surface area contributed by atoms with Gasteiger partial charge in [-0.05, 0) is 50.2 Å². The molecule has 3 aromatic rings. The predicted octanol–water partition coefficient (Wildman–Crippen LogP) is 3.27. The molecular formula is C20H21N5O3S. The van der Waals surface area contributed by atoms with Crippen LogP contribution in [-0.4, -0.2) is 44.0 Å². The maximum Gasteiger partial charge on any atom is 0.338 e. The van der Waals surface area contributed by atoms with Crippen molar-refractivity contribution in [1.82, 2.24) is 19.7 Å². The molecule has 150 valence electrons. The Morgan fingerprint density at radius 1 is 1.10 bits per heavy atom. The minimum atomic E-state index is -0.386. The number of hydrogen-bond acceptors (Lipinski definition) is 7. The van der Waals surface area contributed by atoms with Crippen LogP contribution in [0.5, 0.6) is 0 Å². The molecule has 1 amide bonds. The number of pyridine rings is 1. The largest absolute Gasteiger partial charge is 0.462 e. The van der Waals surface area contributed by atoms with Gasteiger partial charge in [-0.1, -0.05) is 17.8 Å². The molecule has 0 spiro atoms. The Hall–Kier alpha value is -3.20. The van der Waals surface area contributed by atoms with Gasteiger partial charge in [-0.15, -0.1) is 10.2 Å². The molecule has 0 radical (unpaired) electrons. The molecule has 0 bridgehead atoms. The highest BCUT2D eigenvalue weighted by molar-refractivity contribution is 7.99. The second kappa shape index (κ2) is 9.83. The van der Waals surface area contributed by atoms with Crippen molar-refractivity contribution in [1.29, 1.82) is 0 Å². The third kappa shape index (κ3) is 5.20. The summed E-state index contributed by atoms with van der Waals surface area (Å²) in [6, 6.07) is 12.2. The maximum atomic E-state index is 12.3. The molecule has 29 heavy (non-hydrogen) atoms. The average Bonchev–Trinajstić information content (AvgIpc) is 3.16. The van der Waals surface area contributed by atoms with E-state index in [1.807, 2.05) is 29.7 Å². The number of ether oxygens (including phenoxy) is 1. The van der Waals surface area contributed by atoms with Crippen molar-refractivity contribution >= 4 is 29.3 Å². The van der Waals surface area contributed by atoms with Gasteiger partial charge in [-0.2, -0.15) is 0 Å². The number of thioether (sulfide) groups is 1. The fourth-order valence-corrected chi connectivity index (χ4v) is 3.40. The van der Waals surface area contributed by atoms with Gasteiger partial charge in [0.15, 0.2) is 11.0 Å². The molecule has 8 nitrogen and oxygen atoms in total. The molecule has 0 aliphatic heterocycles. The van der Waals surface area contributed by atoms with E-state index in [1.165, 1.54) is 11.8 Å². The summed E-state index contributed by atoms with van der Waals surface area (Å²) in [7, 11) is 0. The highest BCUT2D eigenvalue weighted by Crippen LogP contribution is 2.22. The smallest absolute Gasteiger partial charge is 0.338 e. The van der Waals surface area contributed by atoms with Gasteiger partial charge in [-0.3, -0.25) is 9.78 Å². The number of carbonyl (C=O) groups excluding carboxylic acids is 2. The van der Waals surface area contributed by atoms with Crippen molar-refractivity contribution in [3.8, 4) is 11.5 Å². The monoisotopic (exact) mass is 411 g/mol. The van der Waals surface area contributed by atoms with Gasteiger partial charge in [0.1, 0.15) is 5.69 Å². The number of carbonyl (C=O) groups is 2. The van der Waals surface area contributed by atoms with Crippen molar-refractivity contribution in [2.75, 3.05) is 17.7 Å². The number of benzene rings is 1. The van der Waals surface area contributed by atoms with Crippen LogP contribution in [0.4, 0.5) is 5.69 Å². The topological polar surface area (TPSA) is 99.0 Å². The number of esters is 1. The normalized spacial score (nSPS) is 10.6. The second-order valence-corrected chi connectivity index (χ2v) is 6.84. The SMILES string of the molecule is CCOC(=O)c1ccc(NC(=O)CSc2nnc(-c3ccccn3)n2CC)cc1. The lowest BCUT2D eigenvalue weighted by Gasteiger charge is -2.08. The maximum absolute atomic E-state index is 12.3. The number of amides is 1. The minimum absolute atomic E-state index is 0.177. The highest BCUT2D eigenvalue weighted by Gasteiger charge is 2.15. The Balaban J connectivity index is 1.60. The van der Waals surface area contributed by atoms with Gasteiger partial charge in [0.2, 0.25) is 5.91 Å². The van der Waals surface area contributed by atoms with Gasteiger partial charge < -0.3 is 14.6 Å². The van der Waals surface area contributed by atoms with E-state index in [4.69, 9.17) is 4.74 Å². The Morgan fingerprint density at radius 2 is 1.90 bits per heavy atom. The summed E-state index contributed by atoms with van der Waals surface area (Å²) in [5.41, 5.74) is 1.78. The number of nitrogens with zero attached hydrogens (tertiary/aromatic N) is 4. The summed E-state index contributed by atoms with van der Waals surface area (Å²) >= 11 is 1.30. The molecule has 0 atom stereocenters. The van der Waals surface area contributed by atoms with Crippen LogP contribution in [0.25, 0.3) is 11.5 Å². The van der Waals surface area contributed by atoms with E-state index < -0.39 is 0 Å². The van der Waals surface area contributed by atoms with Crippen molar-refractivity contribution < 1.29 is 14.3 Å².